The van der Waals surface area contributed by atoms with Gasteiger partial charge in [-0.3, -0.25) is 0 Å². The molecule has 0 amide bonds. The van der Waals surface area contributed by atoms with Gasteiger partial charge in [-0.25, -0.2) is 0 Å². The maximum absolute atomic E-state index is 6.03. The van der Waals surface area contributed by atoms with E-state index in [1.165, 1.54) is 25.8 Å². The number of alkyl halides is 1. The lowest BCUT2D eigenvalue weighted by Crippen LogP contribution is -2.30. The molecule has 0 saturated carbocycles. The van der Waals surface area contributed by atoms with Crippen molar-refractivity contribution in [3.8, 4) is 17.2 Å². The Morgan fingerprint density at radius 2 is 2.14 bits per heavy atom. The molecule has 0 radical (unpaired) electrons. The standard InChI is InChI=1S/C17H24ClNO3/c18-11-14-4-1-2-7-19(12-14)8-3-9-20-15-5-6-16-17(10-15)22-13-21-16/h5-6,10,14H,1-4,7-9,11-13H2. The minimum atomic E-state index is 0.301. The zero-order chi connectivity index (χ0) is 15.2. The fraction of sp³-hybridized carbons (Fsp3) is 0.647. The molecule has 1 atom stereocenters. The average Bonchev–Trinajstić information content (AvgIpc) is 2.88. The molecule has 2 aliphatic heterocycles. The van der Waals surface area contributed by atoms with Crippen LogP contribution in [0.3, 0.4) is 0 Å². The number of hydrogen-bond donors (Lipinski definition) is 0. The second-order valence-corrected chi connectivity index (χ2v) is 6.34. The van der Waals surface area contributed by atoms with Gasteiger partial charge in [0.1, 0.15) is 5.75 Å². The molecule has 1 fully saturated rings. The molecular weight excluding hydrogens is 302 g/mol. The second-order valence-electron chi connectivity index (χ2n) is 6.03. The van der Waals surface area contributed by atoms with Crippen molar-refractivity contribution >= 4 is 11.6 Å². The summed E-state index contributed by atoms with van der Waals surface area (Å²) in [4.78, 5) is 2.53. The Balaban J connectivity index is 1.39. The van der Waals surface area contributed by atoms with Gasteiger partial charge in [0.2, 0.25) is 6.79 Å². The van der Waals surface area contributed by atoms with Crippen LogP contribution in [0.4, 0.5) is 0 Å². The molecule has 4 nitrogen and oxygen atoms in total. The Morgan fingerprint density at radius 3 is 3.05 bits per heavy atom. The smallest absolute Gasteiger partial charge is 0.231 e. The van der Waals surface area contributed by atoms with E-state index < -0.39 is 0 Å². The van der Waals surface area contributed by atoms with Gasteiger partial charge in [0, 0.05) is 25.0 Å². The normalized spacial score (nSPS) is 21.6. The van der Waals surface area contributed by atoms with E-state index in [0.717, 1.165) is 49.2 Å². The zero-order valence-corrected chi connectivity index (χ0v) is 13.7. The van der Waals surface area contributed by atoms with Gasteiger partial charge in [0.05, 0.1) is 6.61 Å². The lowest BCUT2D eigenvalue weighted by molar-refractivity contribution is 0.173. The molecule has 2 heterocycles. The van der Waals surface area contributed by atoms with Gasteiger partial charge in [0.25, 0.3) is 0 Å². The highest BCUT2D eigenvalue weighted by Crippen LogP contribution is 2.35. The predicted octanol–water partition coefficient (Wildman–Crippen LogP) is 3.53. The van der Waals surface area contributed by atoms with Crippen LogP contribution in [-0.2, 0) is 0 Å². The molecule has 5 heteroatoms. The van der Waals surface area contributed by atoms with Crippen molar-refractivity contribution in [2.75, 3.05) is 38.9 Å². The van der Waals surface area contributed by atoms with Crippen LogP contribution in [0.25, 0.3) is 0 Å². The highest BCUT2D eigenvalue weighted by molar-refractivity contribution is 6.18. The molecule has 1 aromatic carbocycles. The molecule has 22 heavy (non-hydrogen) atoms. The molecule has 1 aromatic rings. The van der Waals surface area contributed by atoms with Crippen LogP contribution in [0.15, 0.2) is 18.2 Å². The topological polar surface area (TPSA) is 30.9 Å². The number of fused-ring (bicyclic) bond motifs is 1. The number of halogens is 1. The van der Waals surface area contributed by atoms with Gasteiger partial charge >= 0.3 is 0 Å². The molecule has 0 bridgehead atoms. The van der Waals surface area contributed by atoms with Gasteiger partial charge in [-0.05, 0) is 43.9 Å². The third-order valence-electron chi connectivity index (χ3n) is 4.30. The van der Waals surface area contributed by atoms with Gasteiger partial charge in [-0.1, -0.05) is 6.42 Å². The molecular formula is C17H24ClNO3. The van der Waals surface area contributed by atoms with Crippen LogP contribution in [0.1, 0.15) is 25.7 Å². The van der Waals surface area contributed by atoms with E-state index in [1.807, 2.05) is 18.2 Å². The summed E-state index contributed by atoms with van der Waals surface area (Å²) in [6, 6.07) is 5.73. The maximum Gasteiger partial charge on any atom is 0.231 e. The van der Waals surface area contributed by atoms with Gasteiger partial charge in [-0.15, -0.1) is 11.6 Å². The van der Waals surface area contributed by atoms with Crippen LogP contribution in [-0.4, -0.2) is 43.8 Å². The van der Waals surface area contributed by atoms with Crippen molar-refractivity contribution in [3.63, 3.8) is 0 Å². The van der Waals surface area contributed by atoms with E-state index in [-0.39, 0.29) is 0 Å². The number of rotatable bonds is 6. The minimum Gasteiger partial charge on any atom is -0.493 e. The van der Waals surface area contributed by atoms with Crippen molar-refractivity contribution in [3.05, 3.63) is 18.2 Å². The van der Waals surface area contributed by atoms with Gasteiger partial charge in [0.15, 0.2) is 11.5 Å². The van der Waals surface area contributed by atoms with Crippen LogP contribution in [0, 0.1) is 5.92 Å². The number of nitrogens with zero attached hydrogens (tertiary/aromatic N) is 1. The first-order valence-electron chi connectivity index (χ1n) is 8.16. The van der Waals surface area contributed by atoms with Crippen molar-refractivity contribution < 1.29 is 14.2 Å². The number of likely N-dealkylation sites (tertiary alicyclic amines) is 1. The van der Waals surface area contributed by atoms with E-state index in [1.54, 1.807) is 0 Å². The van der Waals surface area contributed by atoms with Crippen LogP contribution in [0.2, 0.25) is 0 Å². The van der Waals surface area contributed by atoms with Crippen molar-refractivity contribution in [2.24, 2.45) is 5.92 Å². The van der Waals surface area contributed by atoms with E-state index in [2.05, 4.69) is 4.90 Å². The lowest BCUT2D eigenvalue weighted by atomic mass is 10.1. The summed E-state index contributed by atoms with van der Waals surface area (Å²) >= 11 is 6.03. The molecule has 0 aliphatic carbocycles. The van der Waals surface area contributed by atoms with Crippen LogP contribution < -0.4 is 14.2 Å². The van der Waals surface area contributed by atoms with Gasteiger partial charge < -0.3 is 19.1 Å². The van der Waals surface area contributed by atoms with E-state index in [0.29, 0.717) is 12.7 Å². The van der Waals surface area contributed by atoms with E-state index in [4.69, 9.17) is 25.8 Å². The summed E-state index contributed by atoms with van der Waals surface area (Å²) < 4.78 is 16.5. The van der Waals surface area contributed by atoms with Crippen molar-refractivity contribution in [1.82, 2.24) is 4.90 Å². The fourth-order valence-corrected chi connectivity index (χ4v) is 3.34. The number of hydrogen-bond acceptors (Lipinski definition) is 4. The fourth-order valence-electron chi connectivity index (χ4n) is 3.09. The van der Waals surface area contributed by atoms with Crippen molar-refractivity contribution in [1.29, 1.82) is 0 Å². The third-order valence-corrected chi connectivity index (χ3v) is 4.74. The number of benzene rings is 1. The van der Waals surface area contributed by atoms with Crippen LogP contribution >= 0.6 is 11.6 Å². The molecule has 1 unspecified atom stereocenters. The quantitative estimate of drug-likeness (QED) is 0.591. The summed E-state index contributed by atoms with van der Waals surface area (Å²) in [6.45, 7) is 4.43. The Morgan fingerprint density at radius 1 is 1.23 bits per heavy atom. The molecule has 3 rings (SSSR count). The average molecular weight is 326 g/mol. The maximum atomic E-state index is 6.03. The van der Waals surface area contributed by atoms with Crippen LogP contribution in [0.5, 0.6) is 17.2 Å². The van der Waals surface area contributed by atoms with E-state index >= 15 is 0 Å². The predicted molar refractivity (Wildman–Crippen MR) is 87.2 cm³/mol. The Kier molecular flexibility index (Phi) is 5.68. The summed E-state index contributed by atoms with van der Waals surface area (Å²) in [5, 5.41) is 0. The zero-order valence-electron chi connectivity index (χ0n) is 12.9. The monoisotopic (exact) mass is 325 g/mol. The Labute approximate surface area is 137 Å². The first-order chi connectivity index (χ1) is 10.8. The minimum absolute atomic E-state index is 0.301. The second kappa shape index (κ2) is 7.93. The third kappa shape index (κ3) is 4.20. The summed E-state index contributed by atoms with van der Waals surface area (Å²) in [6.07, 6.45) is 4.90. The van der Waals surface area contributed by atoms with Crippen molar-refractivity contribution in [2.45, 2.75) is 25.7 Å². The number of ether oxygens (including phenoxy) is 3. The van der Waals surface area contributed by atoms with Gasteiger partial charge in [-0.2, -0.15) is 0 Å². The first-order valence-corrected chi connectivity index (χ1v) is 8.69. The Bertz CT molecular complexity index is 483. The summed E-state index contributed by atoms with van der Waals surface area (Å²) in [5.74, 6) is 3.85. The summed E-state index contributed by atoms with van der Waals surface area (Å²) in [5.41, 5.74) is 0. The SMILES string of the molecule is ClCC1CCCCN(CCCOc2ccc3c(c2)OCO3)C1. The highest BCUT2D eigenvalue weighted by Gasteiger charge is 2.17. The molecule has 1 saturated heterocycles. The molecule has 0 aromatic heterocycles. The highest BCUT2D eigenvalue weighted by atomic mass is 35.5. The molecule has 2 aliphatic rings. The largest absolute Gasteiger partial charge is 0.493 e. The summed E-state index contributed by atoms with van der Waals surface area (Å²) in [7, 11) is 0. The first kappa shape index (κ1) is 15.8. The Hall–Kier alpha value is -1.13. The lowest BCUT2D eigenvalue weighted by Gasteiger charge is -2.23. The molecule has 122 valence electrons. The molecule has 0 spiro atoms. The van der Waals surface area contributed by atoms with E-state index in [9.17, 15) is 0 Å². The molecule has 0 N–H and O–H groups in total.